The summed E-state index contributed by atoms with van der Waals surface area (Å²) in [6, 6.07) is -0.488. The SMILES string of the molecule is C=CCN(CCOC)C(=O)NC(=O)CCl. The first-order valence-electron chi connectivity index (χ1n) is 4.40. The van der Waals surface area contributed by atoms with Gasteiger partial charge in [-0.2, -0.15) is 0 Å². The predicted octanol–water partition coefficient (Wildman–Crippen LogP) is 0.596. The molecule has 0 unspecified atom stereocenters. The lowest BCUT2D eigenvalue weighted by Crippen LogP contribution is -2.44. The molecule has 1 N–H and O–H groups in total. The Morgan fingerprint density at radius 1 is 1.60 bits per heavy atom. The molecule has 0 saturated heterocycles. The van der Waals surface area contributed by atoms with Crippen LogP contribution in [0, 0.1) is 0 Å². The van der Waals surface area contributed by atoms with E-state index in [1.54, 1.807) is 6.08 Å². The zero-order chi connectivity index (χ0) is 11.7. The van der Waals surface area contributed by atoms with Gasteiger partial charge in [0.25, 0.3) is 0 Å². The van der Waals surface area contributed by atoms with Crippen LogP contribution in [0.5, 0.6) is 0 Å². The summed E-state index contributed by atoms with van der Waals surface area (Å²) in [5.74, 6) is -0.758. The van der Waals surface area contributed by atoms with Gasteiger partial charge in [-0.05, 0) is 0 Å². The number of methoxy groups -OCH3 is 1. The average Bonchev–Trinajstić information content (AvgIpc) is 2.23. The Morgan fingerprint density at radius 2 is 2.27 bits per heavy atom. The molecule has 0 aliphatic rings. The fourth-order valence-corrected chi connectivity index (χ4v) is 0.932. The number of nitrogens with one attached hydrogen (secondary N) is 1. The fourth-order valence-electron chi connectivity index (χ4n) is 0.865. The van der Waals surface area contributed by atoms with Crippen LogP contribution in [0.3, 0.4) is 0 Å². The summed E-state index contributed by atoms with van der Waals surface area (Å²) in [4.78, 5) is 23.7. The topological polar surface area (TPSA) is 58.6 Å². The van der Waals surface area contributed by atoms with Crippen LogP contribution in [0.25, 0.3) is 0 Å². The maximum Gasteiger partial charge on any atom is 0.324 e. The highest BCUT2D eigenvalue weighted by molar-refractivity contribution is 6.28. The molecule has 0 radical (unpaired) electrons. The fraction of sp³-hybridized carbons (Fsp3) is 0.556. The van der Waals surface area contributed by atoms with E-state index >= 15 is 0 Å². The Morgan fingerprint density at radius 3 is 2.73 bits per heavy atom. The maximum absolute atomic E-state index is 11.4. The van der Waals surface area contributed by atoms with Crippen molar-refractivity contribution in [1.82, 2.24) is 10.2 Å². The van der Waals surface area contributed by atoms with Gasteiger partial charge in [-0.1, -0.05) is 6.08 Å². The van der Waals surface area contributed by atoms with Gasteiger partial charge in [-0.15, -0.1) is 18.2 Å². The Labute approximate surface area is 94.0 Å². The van der Waals surface area contributed by atoms with E-state index in [1.807, 2.05) is 0 Å². The molecule has 0 aromatic rings. The van der Waals surface area contributed by atoms with Crippen molar-refractivity contribution in [2.75, 3.05) is 32.7 Å². The largest absolute Gasteiger partial charge is 0.383 e. The summed E-state index contributed by atoms with van der Waals surface area (Å²) in [6.07, 6.45) is 1.57. The number of halogens is 1. The summed E-state index contributed by atoms with van der Waals surface area (Å²) in [7, 11) is 1.54. The molecule has 3 amide bonds. The van der Waals surface area contributed by atoms with Gasteiger partial charge in [0.1, 0.15) is 5.88 Å². The molecule has 5 nitrogen and oxygen atoms in total. The monoisotopic (exact) mass is 234 g/mol. The van der Waals surface area contributed by atoms with Gasteiger partial charge in [-0.25, -0.2) is 4.79 Å². The number of amides is 3. The van der Waals surface area contributed by atoms with E-state index in [2.05, 4.69) is 11.9 Å². The minimum atomic E-state index is -0.520. The highest BCUT2D eigenvalue weighted by Gasteiger charge is 2.13. The first kappa shape index (κ1) is 13.9. The third kappa shape index (κ3) is 6.09. The van der Waals surface area contributed by atoms with Gasteiger partial charge in [0.05, 0.1) is 6.61 Å². The number of carbonyl (C=O) groups excluding carboxylic acids is 2. The summed E-state index contributed by atoms with van der Waals surface area (Å²) in [5.41, 5.74) is 0. The second kappa shape index (κ2) is 8.26. The quantitative estimate of drug-likeness (QED) is 0.541. The molecule has 0 heterocycles. The van der Waals surface area contributed by atoms with E-state index in [4.69, 9.17) is 16.3 Å². The van der Waals surface area contributed by atoms with Crippen LogP contribution in [-0.4, -0.2) is 49.5 Å². The van der Waals surface area contributed by atoms with Crippen molar-refractivity contribution in [3.63, 3.8) is 0 Å². The number of hydrogen-bond acceptors (Lipinski definition) is 3. The van der Waals surface area contributed by atoms with Gasteiger partial charge < -0.3 is 9.64 Å². The molecule has 0 fully saturated rings. The standard InChI is InChI=1S/C9H15ClN2O3/c1-3-4-12(5-6-15-2)9(14)11-8(13)7-10/h3H,1,4-7H2,2H3,(H,11,13,14). The molecular weight excluding hydrogens is 220 g/mol. The Balaban J connectivity index is 4.14. The average molecular weight is 235 g/mol. The van der Waals surface area contributed by atoms with Crippen molar-refractivity contribution < 1.29 is 14.3 Å². The van der Waals surface area contributed by atoms with Crippen LogP contribution in [-0.2, 0) is 9.53 Å². The van der Waals surface area contributed by atoms with E-state index < -0.39 is 11.9 Å². The van der Waals surface area contributed by atoms with Crippen molar-refractivity contribution in [3.8, 4) is 0 Å². The molecule has 0 spiro atoms. The van der Waals surface area contributed by atoms with Crippen LogP contribution < -0.4 is 5.32 Å². The maximum atomic E-state index is 11.4. The lowest BCUT2D eigenvalue weighted by atomic mass is 10.5. The van der Waals surface area contributed by atoms with Gasteiger partial charge in [0.15, 0.2) is 0 Å². The lowest BCUT2D eigenvalue weighted by molar-refractivity contribution is -0.117. The van der Waals surface area contributed by atoms with Crippen LogP contribution in [0.1, 0.15) is 0 Å². The molecule has 6 heteroatoms. The molecule has 0 aliphatic carbocycles. The number of alkyl halides is 1. The second-order valence-electron chi connectivity index (χ2n) is 2.71. The number of hydrogen-bond donors (Lipinski definition) is 1. The van der Waals surface area contributed by atoms with E-state index in [9.17, 15) is 9.59 Å². The minimum absolute atomic E-state index is 0.238. The molecule has 0 saturated carbocycles. The molecule has 86 valence electrons. The molecule has 0 aromatic carbocycles. The van der Waals surface area contributed by atoms with Crippen molar-refractivity contribution in [2.45, 2.75) is 0 Å². The normalized spacial score (nSPS) is 9.47. The second-order valence-corrected chi connectivity index (χ2v) is 2.98. The van der Waals surface area contributed by atoms with Crippen LogP contribution >= 0.6 is 11.6 Å². The molecule has 15 heavy (non-hydrogen) atoms. The van der Waals surface area contributed by atoms with Gasteiger partial charge in [0, 0.05) is 20.2 Å². The molecule has 0 rings (SSSR count). The van der Waals surface area contributed by atoms with Crippen molar-refractivity contribution in [2.24, 2.45) is 0 Å². The highest BCUT2D eigenvalue weighted by atomic mass is 35.5. The molecular formula is C9H15ClN2O3. The van der Waals surface area contributed by atoms with Crippen LogP contribution in [0.2, 0.25) is 0 Å². The Kier molecular flexibility index (Phi) is 7.67. The Bertz CT molecular complexity index is 233. The molecule has 0 atom stereocenters. The van der Waals surface area contributed by atoms with Gasteiger partial charge >= 0.3 is 6.03 Å². The third-order valence-electron chi connectivity index (χ3n) is 1.57. The van der Waals surface area contributed by atoms with Crippen molar-refractivity contribution in [3.05, 3.63) is 12.7 Å². The number of imide groups is 1. The molecule has 0 bridgehead atoms. The first-order valence-corrected chi connectivity index (χ1v) is 4.93. The highest BCUT2D eigenvalue weighted by Crippen LogP contribution is 1.91. The number of urea groups is 1. The minimum Gasteiger partial charge on any atom is -0.383 e. The lowest BCUT2D eigenvalue weighted by Gasteiger charge is -2.20. The van der Waals surface area contributed by atoms with Crippen LogP contribution in [0.15, 0.2) is 12.7 Å². The van der Waals surface area contributed by atoms with E-state index in [0.29, 0.717) is 19.7 Å². The summed E-state index contributed by atoms with van der Waals surface area (Å²) < 4.78 is 4.83. The Hall–Kier alpha value is -1.07. The number of nitrogens with zero attached hydrogens (tertiary/aromatic N) is 1. The number of rotatable bonds is 6. The zero-order valence-corrected chi connectivity index (χ0v) is 9.42. The van der Waals surface area contributed by atoms with E-state index in [0.717, 1.165) is 0 Å². The number of ether oxygens (including phenoxy) is 1. The van der Waals surface area contributed by atoms with E-state index in [-0.39, 0.29) is 5.88 Å². The predicted molar refractivity (Wildman–Crippen MR) is 57.9 cm³/mol. The van der Waals surface area contributed by atoms with E-state index in [1.165, 1.54) is 12.0 Å². The first-order chi connectivity index (χ1) is 7.15. The molecule has 0 aliphatic heterocycles. The van der Waals surface area contributed by atoms with Crippen molar-refractivity contribution in [1.29, 1.82) is 0 Å². The zero-order valence-electron chi connectivity index (χ0n) is 8.66. The van der Waals surface area contributed by atoms with Gasteiger partial charge in [-0.3, -0.25) is 10.1 Å². The van der Waals surface area contributed by atoms with Crippen molar-refractivity contribution >= 4 is 23.5 Å². The summed E-state index contributed by atoms with van der Waals surface area (Å²) in [5, 5.41) is 2.14. The summed E-state index contributed by atoms with van der Waals surface area (Å²) in [6.45, 7) is 4.66. The third-order valence-corrected chi connectivity index (χ3v) is 1.81. The molecule has 0 aromatic heterocycles. The van der Waals surface area contributed by atoms with Crippen LogP contribution in [0.4, 0.5) is 4.79 Å². The van der Waals surface area contributed by atoms with Gasteiger partial charge in [0.2, 0.25) is 5.91 Å². The summed E-state index contributed by atoms with van der Waals surface area (Å²) >= 11 is 5.25. The number of carbonyl (C=O) groups is 2. The smallest absolute Gasteiger partial charge is 0.324 e.